The quantitative estimate of drug-likeness (QED) is 0.731. The molecular weight excluding hydrogens is 340 g/mol. The molecule has 1 fully saturated rings. The van der Waals surface area contributed by atoms with Gasteiger partial charge < -0.3 is 18.9 Å². The summed E-state index contributed by atoms with van der Waals surface area (Å²) in [6.45, 7) is 7.41. The lowest BCUT2D eigenvalue weighted by molar-refractivity contribution is -0.232. The first-order chi connectivity index (χ1) is 11.9. The minimum Gasteiger partial charge on any atom is -0.497 e. The van der Waals surface area contributed by atoms with Gasteiger partial charge >= 0.3 is 0 Å². The molecule has 2 aromatic carbocycles. The van der Waals surface area contributed by atoms with Gasteiger partial charge in [-0.2, -0.15) is 0 Å². The van der Waals surface area contributed by atoms with Gasteiger partial charge in [0.2, 0.25) is 0 Å². The number of ether oxygens (including phenoxy) is 4. The van der Waals surface area contributed by atoms with E-state index in [9.17, 15) is 0 Å². The first-order valence-electron chi connectivity index (χ1n) is 8.25. The Kier molecular flexibility index (Phi) is 4.96. The molecule has 4 nitrogen and oxygen atoms in total. The second-order valence-corrected chi connectivity index (χ2v) is 7.39. The van der Waals surface area contributed by atoms with Crippen LogP contribution in [-0.4, -0.2) is 20.3 Å². The fraction of sp³-hybridized carbons (Fsp3) is 0.400. The van der Waals surface area contributed by atoms with Crippen LogP contribution in [0.4, 0.5) is 0 Å². The third-order valence-electron chi connectivity index (χ3n) is 4.28. The van der Waals surface area contributed by atoms with Crippen LogP contribution in [0, 0.1) is 5.41 Å². The van der Waals surface area contributed by atoms with Crippen molar-refractivity contribution in [3.05, 3.63) is 53.1 Å². The van der Waals surface area contributed by atoms with Crippen LogP contribution in [0.25, 0.3) is 0 Å². The maximum Gasteiger partial charge on any atom is 0.200 e. The molecule has 3 rings (SSSR count). The molecule has 5 heteroatoms. The van der Waals surface area contributed by atoms with E-state index in [-0.39, 0.29) is 5.41 Å². The zero-order valence-corrected chi connectivity index (χ0v) is 15.7. The van der Waals surface area contributed by atoms with Gasteiger partial charge in [0.15, 0.2) is 5.79 Å². The van der Waals surface area contributed by atoms with Crippen LogP contribution in [0.2, 0.25) is 5.02 Å². The molecule has 0 N–H and O–H groups in total. The lowest BCUT2D eigenvalue weighted by Crippen LogP contribution is -2.41. The van der Waals surface area contributed by atoms with E-state index in [1.165, 1.54) is 0 Å². The first kappa shape index (κ1) is 18.1. The molecule has 0 amide bonds. The summed E-state index contributed by atoms with van der Waals surface area (Å²) < 4.78 is 23.0. The minimum atomic E-state index is -0.796. The highest BCUT2D eigenvalue weighted by Crippen LogP contribution is 2.47. The summed E-state index contributed by atoms with van der Waals surface area (Å²) in [6.07, 6.45) is 0. The summed E-state index contributed by atoms with van der Waals surface area (Å²) >= 11 is 6.47. The average Bonchev–Trinajstić information content (AvgIpc) is 3.08. The number of methoxy groups -OCH3 is 1. The number of halogens is 1. The largest absolute Gasteiger partial charge is 0.497 e. The lowest BCUT2D eigenvalue weighted by Gasteiger charge is -2.40. The Morgan fingerprint density at radius 3 is 2.08 bits per heavy atom. The molecule has 0 aliphatic carbocycles. The number of rotatable bonds is 4. The molecule has 1 aliphatic rings. The third kappa shape index (κ3) is 3.47. The maximum absolute atomic E-state index is 6.47. The summed E-state index contributed by atoms with van der Waals surface area (Å²) in [5, 5.41) is 0.510. The molecule has 25 heavy (non-hydrogen) atoms. The predicted octanol–water partition coefficient (Wildman–Crippen LogP) is 5.39. The standard InChI is InChI=1S/C20H23ClO4/c1-19(2,3)20(23-11-12-24-20)14-5-10-18(17(21)13-14)25-16-8-6-15(22-4)7-9-16/h5-10,13H,11-12H2,1-4H3. The Hall–Kier alpha value is -1.75. The monoisotopic (exact) mass is 362 g/mol. The molecule has 2 aromatic rings. The Morgan fingerprint density at radius 1 is 0.960 bits per heavy atom. The molecule has 1 saturated heterocycles. The zero-order chi connectivity index (χ0) is 18.1. The normalized spacial score (nSPS) is 16.7. The molecule has 0 atom stereocenters. The van der Waals surface area contributed by atoms with Gasteiger partial charge in [-0.05, 0) is 42.5 Å². The van der Waals surface area contributed by atoms with Crippen molar-refractivity contribution >= 4 is 11.6 Å². The van der Waals surface area contributed by atoms with Crippen molar-refractivity contribution in [2.75, 3.05) is 20.3 Å². The van der Waals surface area contributed by atoms with Crippen LogP contribution in [0.5, 0.6) is 17.2 Å². The zero-order valence-electron chi connectivity index (χ0n) is 15.0. The van der Waals surface area contributed by atoms with E-state index in [1.54, 1.807) is 7.11 Å². The van der Waals surface area contributed by atoms with Gasteiger partial charge in [0, 0.05) is 11.0 Å². The lowest BCUT2D eigenvalue weighted by atomic mass is 9.81. The molecule has 0 bridgehead atoms. The van der Waals surface area contributed by atoms with E-state index in [0.29, 0.717) is 29.7 Å². The Bertz CT molecular complexity index is 728. The Balaban J connectivity index is 1.87. The van der Waals surface area contributed by atoms with Crippen molar-refractivity contribution in [2.24, 2.45) is 5.41 Å². The van der Waals surface area contributed by atoms with Gasteiger partial charge in [-0.1, -0.05) is 32.4 Å². The number of benzene rings is 2. The second kappa shape index (κ2) is 6.87. The van der Waals surface area contributed by atoms with E-state index in [0.717, 1.165) is 11.3 Å². The van der Waals surface area contributed by atoms with Gasteiger partial charge in [-0.15, -0.1) is 0 Å². The summed E-state index contributed by atoms with van der Waals surface area (Å²) in [5.41, 5.74) is 0.662. The minimum absolute atomic E-state index is 0.231. The van der Waals surface area contributed by atoms with Crippen LogP contribution in [0.1, 0.15) is 26.3 Å². The molecule has 0 spiro atoms. The fourth-order valence-corrected chi connectivity index (χ4v) is 3.22. The molecule has 0 saturated carbocycles. The van der Waals surface area contributed by atoms with Gasteiger partial charge in [0.1, 0.15) is 17.2 Å². The molecule has 1 heterocycles. The SMILES string of the molecule is COc1ccc(Oc2ccc(C3(C(C)(C)C)OCCO3)cc2Cl)cc1. The number of hydrogen-bond acceptors (Lipinski definition) is 4. The molecule has 0 aromatic heterocycles. The Labute approximate surface area is 153 Å². The molecule has 134 valence electrons. The smallest absolute Gasteiger partial charge is 0.200 e. The van der Waals surface area contributed by atoms with Gasteiger partial charge in [0.25, 0.3) is 0 Å². The summed E-state index contributed by atoms with van der Waals surface area (Å²) in [7, 11) is 1.63. The van der Waals surface area contributed by atoms with Gasteiger partial charge in [0.05, 0.1) is 25.3 Å². The van der Waals surface area contributed by atoms with Crippen LogP contribution in [-0.2, 0) is 15.3 Å². The maximum atomic E-state index is 6.47. The highest BCUT2D eigenvalue weighted by atomic mass is 35.5. The highest BCUT2D eigenvalue weighted by molar-refractivity contribution is 6.32. The van der Waals surface area contributed by atoms with Crippen molar-refractivity contribution in [3.63, 3.8) is 0 Å². The van der Waals surface area contributed by atoms with Crippen molar-refractivity contribution in [3.8, 4) is 17.2 Å². The van der Waals surface area contributed by atoms with E-state index in [4.69, 9.17) is 30.5 Å². The Morgan fingerprint density at radius 2 is 1.56 bits per heavy atom. The summed E-state index contributed by atoms with van der Waals surface area (Å²) in [6, 6.07) is 13.0. The van der Waals surface area contributed by atoms with Crippen LogP contribution >= 0.6 is 11.6 Å². The fourth-order valence-electron chi connectivity index (χ4n) is 3.00. The van der Waals surface area contributed by atoms with Gasteiger partial charge in [-0.25, -0.2) is 0 Å². The van der Waals surface area contributed by atoms with Crippen molar-refractivity contribution in [1.29, 1.82) is 0 Å². The molecule has 0 unspecified atom stereocenters. The topological polar surface area (TPSA) is 36.9 Å². The van der Waals surface area contributed by atoms with E-state index in [1.807, 2.05) is 42.5 Å². The van der Waals surface area contributed by atoms with Crippen LogP contribution in [0.3, 0.4) is 0 Å². The third-order valence-corrected chi connectivity index (χ3v) is 4.58. The summed E-state index contributed by atoms with van der Waals surface area (Å²) in [5.74, 6) is 1.25. The molecule has 1 aliphatic heterocycles. The first-order valence-corrected chi connectivity index (χ1v) is 8.63. The van der Waals surface area contributed by atoms with Crippen LogP contribution in [0.15, 0.2) is 42.5 Å². The van der Waals surface area contributed by atoms with Crippen LogP contribution < -0.4 is 9.47 Å². The van der Waals surface area contributed by atoms with Gasteiger partial charge in [-0.3, -0.25) is 0 Å². The van der Waals surface area contributed by atoms with E-state index >= 15 is 0 Å². The van der Waals surface area contributed by atoms with E-state index < -0.39 is 5.79 Å². The predicted molar refractivity (Wildman–Crippen MR) is 97.6 cm³/mol. The van der Waals surface area contributed by atoms with Crippen molar-refractivity contribution < 1.29 is 18.9 Å². The number of hydrogen-bond donors (Lipinski definition) is 0. The van der Waals surface area contributed by atoms with E-state index in [2.05, 4.69) is 20.8 Å². The highest BCUT2D eigenvalue weighted by Gasteiger charge is 2.49. The molecular formula is C20H23ClO4. The average molecular weight is 363 g/mol. The van der Waals surface area contributed by atoms with Crippen molar-refractivity contribution in [1.82, 2.24) is 0 Å². The molecule has 0 radical (unpaired) electrons. The summed E-state index contributed by atoms with van der Waals surface area (Å²) in [4.78, 5) is 0. The second-order valence-electron chi connectivity index (χ2n) is 6.99. The van der Waals surface area contributed by atoms with Crippen molar-refractivity contribution in [2.45, 2.75) is 26.6 Å².